The van der Waals surface area contributed by atoms with Gasteiger partial charge in [-0.3, -0.25) is 4.98 Å². The lowest BCUT2D eigenvalue weighted by atomic mass is 10.0. The quantitative estimate of drug-likeness (QED) is 0.865. The molecule has 0 aliphatic carbocycles. The number of nitrogens with zero attached hydrogens (tertiary/aromatic N) is 1. The van der Waals surface area contributed by atoms with Crippen molar-refractivity contribution in [1.82, 2.24) is 4.98 Å². The number of hydrogen-bond donors (Lipinski definition) is 1. The third kappa shape index (κ3) is 1.87. The average molecular weight is 249 g/mol. The van der Waals surface area contributed by atoms with E-state index in [-0.39, 0.29) is 0 Å². The van der Waals surface area contributed by atoms with Gasteiger partial charge < -0.3 is 5.32 Å². The Balaban J connectivity index is 2.98. The fourth-order valence-corrected chi connectivity index (χ4v) is 2.57. The number of fused-ring (bicyclic) bond motifs is 1. The summed E-state index contributed by atoms with van der Waals surface area (Å²) in [7, 11) is 1.95. The largest absolute Gasteiger partial charge is 0.387 e. The molecule has 0 amide bonds. The van der Waals surface area contributed by atoms with E-state index in [9.17, 15) is 0 Å². The van der Waals surface area contributed by atoms with Crippen LogP contribution in [-0.2, 0) is 6.42 Å². The molecule has 0 aliphatic heterocycles. The fraction of sp³-hybridized carbons (Fsp3) is 0.357. The summed E-state index contributed by atoms with van der Waals surface area (Å²) >= 11 is 6.24. The molecule has 2 rings (SSSR count). The van der Waals surface area contributed by atoms with E-state index in [0.717, 1.165) is 28.7 Å². The van der Waals surface area contributed by atoms with Gasteiger partial charge in [0.25, 0.3) is 0 Å². The Bertz CT molecular complexity index is 576. The molecular formula is C14H17ClN2. The molecule has 1 N–H and O–H groups in total. The zero-order valence-corrected chi connectivity index (χ0v) is 11.4. The highest BCUT2D eigenvalue weighted by Gasteiger charge is 2.13. The van der Waals surface area contributed by atoms with Crippen molar-refractivity contribution in [2.24, 2.45) is 0 Å². The molecular weight excluding hydrogens is 232 g/mol. The summed E-state index contributed by atoms with van der Waals surface area (Å²) in [5.41, 5.74) is 5.58. The maximum absolute atomic E-state index is 6.24. The lowest BCUT2D eigenvalue weighted by Crippen LogP contribution is -2.02. The first-order valence-electron chi connectivity index (χ1n) is 5.86. The number of benzene rings is 1. The zero-order valence-electron chi connectivity index (χ0n) is 10.7. The SMILES string of the molecule is CCc1c(C)nc2c(Cl)ccc(C)c2c1NC. The minimum absolute atomic E-state index is 0.716. The van der Waals surface area contributed by atoms with Gasteiger partial charge in [0.15, 0.2) is 0 Å². The first-order chi connectivity index (χ1) is 8.10. The van der Waals surface area contributed by atoms with E-state index in [1.165, 1.54) is 11.1 Å². The van der Waals surface area contributed by atoms with Gasteiger partial charge in [-0.05, 0) is 37.5 Å². The van der Waals surface area contributed by atoms with Crippen LogP contribution in [0.3, 0.4) is 0 Å². The van der Waals surface area contributed by atoms with Crippen molar-refractivity contribution in [2.75, 3.05) is 12.4 Å². The molecule has 0 fully saturated rings. The number of pyridine rings is 1. The summed E-state index contributed by atoms with van der Waals surface area (Å²) in [6.45, 7) is 6.28. The molecule has 0 bridgehead atoms. The van der Waals surface area contributed by atoms with E-state index in [1.807, 2.05) is 26.1 Å². The van der Waals surface area contributed by atoms with Crippen LogP contribution in [0, 0.1) is 13.8 Å². The second-order valence-electron chi connectivity index (χ2n) is 4.24. The summed E-state index contributed by atoms with van der Waals surface area (Å²) in [5.74, 6) is 0. The standard InChI is InChI=1S/C14H17ClN2/c1-5-10-9(3)17-14-11(15)7-6-8(2)12(14)13(10)16-4/h6-7H,5H2,1-4H3,(H,16,17). The van der Waals surface area contributed by atoms with E-state index >= 15 is 0 Å². The van der Waals surface area contributed by atoms with E-state index in [1.54, 1.807) is 0 Å². The van der Waals surface area contributed by atoms with Crippen LogP contribution in [0.15, 0.2) is 12.1 Å². The van der Waals surface area contributed by atoms with Gasteiger partial charge in [-0.1, -0.05) is 24.6 Å². The summed E-state index contributed by atoms with van der Waals surface area (Å²) in [4.78, 5) is 4.64. The van der Waals surface area contributed by atoms with E-state index < -0.39 is 0 Å². The van der Waals surface area contributed by atoms with E-state index in [4.69, 9.17) is 11.6 Å². The van der Waals surface area contributed by atoms with Crippen LogP contribution >= 0.6 is 11.6 Å². The highest BCUT2D eigenvalue weighted by molar-refractivity contribution is 6.35. The van der Waals surface area contributed by atoms with Crippen molar-refractivity contribution in [2.45, 2.75) is 27.2 Å². The normalized spacial score (nSPS) is 10.9. The fourth-order valence-electron chi connectivity index (χ4n) is 2.37. The Hall–Kier alpha value is -1.28. The number of nitrogens with one attached hydrogen (secondary N) is 1. The Labute approximate surface area is 107 Å². The second kappa shape index (κ2) is 4.53. The third-order valence-corrected chi connectivity index (χ3v) is 3.51. The number of anilines is 1. The molecule has 2 nitrogen and oxygen atoms in total. The average Bonchev–Trinajstić information content (AvgIpc) is 2.32. The summed E-state index contributed by atoms with van der Waals surface area (Å²) < 4.78 is 0. The predicted octanol–water partition coefficient (Wildman–Crippen LogP) is 4.11. The predicted molar refractivity (Wildman–Crippen MR) is 75.2 cm³/mol. The Morgan fingerprint density at radius 2 is 2.00 bits per heavy atom. The van der Waals surface area contributed by atoms with Crippen molar-refractivity contribution in [3.05, 3.63) is 34.0 Å². The molecule has 17 heavy (non-hydrogen) atoms. The van der Waals surface area contributed by atoms with Crippen LogP contribution in [0.2, 0.25) is 5.02 Å². The Morgan fingerprint density at radius 3 is 2.59 bits per heavy atom. The number of aryl methyl sites for hydroxylation is 2. The minimum atomic E-state index is 0.716. The van der Waals surface area contributed by atoms with Gasteiger partial charge in [0.05, 0.1) is 10.5 Å². The molecule has 1 aromatic carbocycles. The minimum Gasteiger partial charge on any atom is -0.387 e. The number of aromatic nitrogens is 1. The molecule has 0 atom stereocenters. The van der Waals surface area contributed by atoms with Gasteiger partial charge in [-0.25, -0.2) is 0 Å². The maximum atomic E-state index is 6.24. The first-order valence-corrected chi connectivity index (χ1v) is 6.24. The van der Waals surface area contributed by atoms with Crippen LogP contribution in [-0.4, -0.2) is 12.0 Å². The highest BCUT2D eigenvalue weighted by atomic mass is 35.5. The number of halogens is 1. The molecule has 0 radical (unpaired) electrons. The molecule has 0 saturated heterocycles. The van der Waals surface area contributed by atoms with Crippen molar-refractivity contribution < 1.29 is 0 Å². The van der Waals surface area contributed by atoms with Gasteiger partial charge in [-0.2, -0.15) is 0 Å². The van der Waals surface area contributed by atoms with Gasteiger partial charge >= 0.3 is 0 Å². The maximum Gasteiger partial charge on any atom is 0.0914 e. The number of rotatable bonds is 2. The van der Waals surface area contributed by atoms with Crippen LogP contribution in [0.25, 0.3) is 10.9 Å². The number of hydrogen-bond acceptors (Lipinski definition) is 2. The molecule has 0 aliphatic rings. The van der Waals surface area contributed by atoms with E-state index in [0.29, 0.717) is 5.02 Å². The molecule has 2 aromatic rings. The zero-order chi connectivity index (χ0) is 12.6. The van der Waals surface area contributed by atoms with Gasteiger partial charge in [0.2, 0.25) is 0 Å². The van der Waals surface area contributed by atoms with Crippen LogP contribution in [0.5, 0.6) is 0 Å². The smallest absolute Gasteiger partial charge is 0.0914 e. The monoisotopic (exact) mass is 248 g/mol. The summed E-state index contributed by atoms with van der Waals surface area (Å²) in [5, 5.41) is 5.16. The molecule has 1 heterocycles. The molecule has 0 unspecified atom stereocenters. The lowest BCUT2D eigenvalue weighted by molar-refractivity contribution is 1.07. The van der Waals surface area contributed by atoms with Crippen molar-refractivity contribution in [1.29, 1.82) is 0 Å². The van der Waals surface area contributed by atoms with Gasteiger partial charge in [0.1, 0.15) is 0 Å². The molecule has 0 saturated carbocycles. The summed E-state index contributed by atoms with van der Waals surface area (Å²) in [6, 6.07) is 3.96. The van der Waals surface area contributed by atoms with Crippen molar-refractivity contribution in [3.8, 4) is 0 Å². The highest BCUT2D eigenvalue weighted by Crippen LogP contribution is 2.34. The van der Waals surface area contributed by atoms with Crippen molar-refractivity contribution in [3.63, 3.8) is 0 Å². The molecule has 3 heteroatoms. The van der Waals surface area contributed by atoms with Crippen LogP contribution in [0.1, 0.15) is 23.7 Å². The molecule has 90 valence electrons. The van der Waals surface area contributed by atoms with Crippen LogP contribution in [0.4, 0.5) is 5.69 Å². The molecule has 0 spiro atoms. The first kappa shape index (κ1) is 12.2. The van der Waals surface area contributed by atoms with Crippen molar-refractivity contribution >= 4 is 28.2 Å². The summed E-state index contributed by atoms with van der Waals surface area (Å²) in [6.07, 6.45) is 0.969. The molecule has 1 aromatic heterocycles. The topological polar surface area (TPSA) is 24.9 Å². The lowest BCUT2D eigenvalue weighted by Gasteiger charge is -2.16. The van der Waals surface area contributed by atoms with Gasteiger partial charge in [0, 0.05) is 23.8 Å². The second-order valence-corrected chi connectivity index (χ2v) is 4.65. The van der Waals surface area contributed by atoms with Gasteiger partial charge in [-0.15, -0.1) is 0 Å². The Morgan fingerprint density at radius 1 is 1.29 bits per heavy atom. The Kier molecular flexibility index (Phi) is 3.25. The van der Waals surface area contributed by atoms with Crippen LogP contribution < -0.4 is 5.32 Å². The third-order valence-electron chi connectivity index (χ3n) is 3.21. The van der Waals surface area contributed by atoms with E-state index in [2.05, 4.69) is 24.1 Å².